The third-order valence-corrected chi connectivity index (χ3v) is 10.5. The van der Waals surface area contributed by atoms with E-state index in [9.17, 15) is 33.6 Å². The lowest BCUT2D eigenvalue weighted by molar-refractivity contribution is -0.145. The van der Waals surface area contributed by atoms with Crippen molar-refractivity contribution in [3.8, 4) is 0 Å². The molecule has 6 unspecified atom stereocenters. The zero-order chi connectivity index (χ0) is 35.9. The van der Waals surface area contributed by atoms with Gasteiger partial charge in [-0.3, -0.25) is 33.7 Å². The van der Waals surface area contributed by atoms with Crippen LogP contribution >= 0.6 is 0 Å². The number of hydrogen-bond acceptors (Lipinski definition) is 7. The van der Waals surface area contributed by atoms with Crippen LogP contribution < -0.4 is 21.3 Å². The number of carbonyl (C=O) groups is 7. The van der Waals surface area contributed by atoms with E-state index in [0.717, 1.165) is 12.8 Å². The van der Waals surface area contributed by atoms with Crippen molar-refractivity contribution in [1.82, 2.24) is 31.1 Å². The summed E-state index contributed by atoms with van der Waals surface area (Å²) in [6.07, 6.45) is 3.94. The van der Waals surface area contributed by atoms with Crippen LogP contribution in [0.4, 0.5) is 4.79 Å². The number of Topliss-reactive ketones (excluding diaryl/α,β-unsaturated/α-hetero) is 1. The molecule has 0 radical (unpaired) electrons. The zero-order valence-electron chi connectivity index (χ0n) is 29.7. The molecule has 266 valence electrons. The molecule has 13 nitrogen and oxygen atoms in total. The molecule has 2 aliphatic heterocycles. The second kappa shape index (κ2) is 13.6. The summed E-state index contributed by atoms with van der Waals surface area (Å²) in [4.78, 5) is 95.0. The highest BCUT2D eigenvalue weighted by atomic mass is 16.2. The van der Waals surface area contributed by atoms with Crippen LogP contribution in [0.25, 0.3) is 0 Å². The van der Waals surface area contributed by atoms with Gasteiger partial charge in [0.1, 0.15) is 12.1 Å². The van der Waals surface area contributed by atoms with Crippen LogP contribution in [0.3, 0.4) is 0 Å². The maximum absolute atomic E-state index is 14.4. The van der Waals surface area contributed by atoms with Crippen molar-refractivity contribution in [1.29, 1.82) is 0 Å². The summed E-state index contributed by atoms with van der Waals surface area (Å²) in [6.45, 7) is 19.2. The maximum atomic E-state index is 14.4. The molecular formula is C35H54N6O7. The smallest absolute Gasteiger partial charge is 0.315 e. The molecule has 2 aliphatic carbocycles. The minimum absolute atomic E-state index is 0.0158. The van der Waals surface area contributed by atoms with Crippen molar-refractivity contribution in [2.45, 2.75) is 112 Å². The first kappa shape index (κ1) is 37.1. The van der Waals surface area contributed by atoms with E-state index in [-0.39, 0.29) is 60.9 Å². The number of fused-ring (bicyclic) bond motifs is 1. The minimum atomic E-state index is -1.03. The lowest BCUT2D eigenvalue weighted by atomic mass is 9.85. The SMILES string of the molecule is C=CCNC(=O)C(=O)C(CC1CC1)NC(=O)C1C2C(CN1C(=O)C(NC(=O)NC(CN1C(=O)CCC1=O)C(C)(C)C)C(C)(C)C)C2(C)C. The van der Waals surface area contributed by atoms with Crippen molar-refractivity contribution < 1.29 is 33.6 Å². The molecule has 0 bridgehead atoms. The summed E-state index contributed by atoms with van der Waals surface area (Å²) in [5.41, 5.74) is -1.49. The van der Waals surface area contributed by atoms with Crippen LogP contribution in [-0.2, 0) is 28.8 Å². The van der Waals surface area contributed by atoms with Gasteiger partial charge in [-0.25, -0.2) is 4.79 Å². The average molecular weight is 671 g/mol. The maximum Gasteiger partial charge on any atom is 0.315 e. The number of urea groups is 1. The van der Waals surface area contributed by atoms with E-state index in [2.05, 4.69) is 41.7 Å². The fourth-order valence-electron chi connectivity index (χ4n) is 7.09. The standard InChI is InChI=1S/C35H54N6O7/c1-10-15-36-30(46)27(44)21(16-19-11-12-19)37-29(45)26-25-20(35(25,8)9)17-41(26)31(47)28(34(5,6)7)39-32(48)38-22(33(2,3)4)18-40-23(42)13-14-24(40)43/h10,19-22,25-26,28H,1,11-18H2,2-9H3,(H,36,46)(H,37,45)(H2,38,39,48). The molecule has 0 aromatic rings. The van der Waals surface area contributed by atoms with E-state index in [1.807, 2.05) is 41.5 Å². The molecule has 0 aromatic carbocycles. The fourth-order valence-corrected chi connectivity index (χ4v) is 7.09. The third-order valence-electron chi connectivity index (χ3n) is 10.5. The summed E-state index contributed by atoms with van der Waals surface area (Å²) in [7, 11) is 0. The summed E-state index contributed by atoms with van der Waals surface area (Å²) in [6, 6.07) is -4.15. The van der Waals surface area contributed by atoms with Crippen molar-refractivity contribution >= 4 is 41.4 Å². The number of nitrogens with zero attached hydrogens (tertiary/aromatic N) is 2. The molecule has 4 N–H and O–H groups in total. The van der Waals surface area contributed by atoms with Crippen molar-refractivity contribution in [3.05, 3.63) is 12.7 Å². The zero-order valence-corrected chi connectivity index (χ0v) is 29.7. The van der Waals surface area contributed by atoms with Gasteiger partial charge in [0.05, 0.1) is 12.1 Å². The Balaban J connectivity index is 1.52. The fraction of sp³-hybridized carbons (Fsp3) is 0.743. The molecule has 0 spiro atoms. The molecule has 7 amide bonds. The van der Waals surface area contributed by atoms with Gasteiger partial charge in [-0.05, 0) is 40.4 Å². The van der Waals surface area contributed by atoms with Crippen molar-refractivity contribution in [3.63, 3.8) is 0 Å². The van der Waals surface area contributed by atoms with Gasteiger partial charge in [-0.2, -0.15) is 0 Å². The topological polar surface area (TPSA) is 174 Å². The van der Waals surface area contributed by atoms with E-state index in [1.165, 1.54) is 15.9 Å². The molecule has 4 fully saturated rings. The Labute approximate surface area is 283 Å². The highest BCUT2D eigenvalue weighted by Crippen LogP contribution is 2.65. The van der Waals surface area contributed by atoms with E-state index in [1.54, 1.807) is 0 Å². The van der Waals surface area contributed by atoms with Gasteiger partial charge in [0.25, 0.3) is 5.91 Å². The summed E-state index contributed by atoms with van der Waals surface area (Å²) >= 11 is 0. The van der Waals surface area contributed by atoms with Crippen LogP contribution in [0.5, 0.6) is 0 Å². The van der Waals surface area contributed by atoms with Crippen LogP contribution in [0.2, 0.25) is 0 Å². The normalized spacial score (nSPS) is 25.0. The molecule has 48 heavy (non-hydrogen) atoms. The van der Waals surface area contributed by atoms with Crippen LogP contribution in [0.15, 0.2) is 12.7 Å². The number of carbonyl (C=O) groups excluding carboxylic acids is 7. The van der Waals surface area contributed by atoms with Gasteiger partial charge in [0.15, 0.2) is 0 Å². The van der Waals surface area contributed by atoms with Gasteiger partial charge in [0.2, 0.25) is 29.4 Å². The van der Waals surface area contributed by atoms with E-state index in [0.29, 0.717) is 13.0 Å². The largest absolute Gasteiger partial charge is 0.346 e. The molecular weight excluding hydrogens is 616 g/mol. The summed E-state index contributed by atoms with van der Waals surface area (Å²) in [5, 5.41) is 11.1. The average Bonchev–Trinajstić information content (AvgIpc) is 3.79. The Bertz CT molecular complexity index is 1340. The Kier molecular flexibility index (Phi) is 10.5. The Morgan fingerprint density at radius 3 is 2.06 bits per heavy atom. The minimum Gasteiger partial charge on any atom is -0.346 e. The number of amides is 7. The summed E-state index contributed by atoms with van der Waals surface area (Å²) in [5.74, 6) is -2.84. The van der Waals surface area contributed by atoms with Gasteiger partial charge >= 0.3 is 6.03 Å². The quantitative estimate of drug-likeness (QED) is 0.132. The lowest BCUT2D eigenvalue weighted by Gasteiger charge is -2.39. The first-order valence-electron chi connectivity index (χ1n) is 17.1. The highest BCUT2D eigenvalue weighted by Gasteiger charge is 2.70. The van der Waals surface area contributed by atoms with E-state index in [4.69, 9.17) is 0 Å². The molecule has 4 aliphatic rings. The molecule has 13 heteroatoms. The van der Waals surface area contributed by atoms with E-state index >= 15 is 0 Å². The van der Waals surface area contributed by atoms with E-state index < -0.39 is 64.5 Å². The number of rotatable bonds is 13. The number of hydrogen-bond donors (Lipinski definition) is 4. The predicted molar refractivity (Wildman–Crippen MR) is 178 cm³/mol. The van der Waals surface area contributed by atoms with Crippen molar-refractivity contribution in [2.24, 2.45) is 34.0 Å². The number of ketones is 1. The first-order chi connectivity index (χ1) is 22.2. The van der Waals surface area contributed by atoms with Gasteiger partial charge in [-0.1, -0.05) is 74.3 Å². The van der Waals surface area contributed by atoms with Gasteiger partial charge < -0.3 is 26.2 Å². The first-order valence-corrected chi connectivity index (χ1v) is 17.1. The van der Waals surface area contributed by atoms with Gasteiger partial charge in [0, 0.05) is 32.5 Å². The molecule has 2 heterocycles. The number of piperidine rings is 1. The Hall–Kier alpha value is -3.77. The van der Waals surface area contributed by atoms with Crippen molar-refractivity contribution in [2.75, 3.05) is 19.6 Å². The highest BCUT2D eigenvalue weighted by molar-refractivity contribution is 6.38. The number of imide groups is 1. The number of likely N-dealkylation sites (tertiary alicyclic amines) is 2. The Morgan fingerprint density at radius 2 is 1.54 bits per heavy atom. The molecule has 6 atom stereocenters. The lowest BCUT2D eigenvalue weighted by Crippen LogP contribution is -2.63. The molecule has 2 saturated carbocycles. The van der Waals surface area contributed by atoms with Crippen LogP contribution in [-0.4, -0.2) is 95.0 Å². The number of nitrogens with one attached hydrogen (secondary N) is 4. The summed E-state index contributed by atoms with van der Waals surface area (Å²) < 4.78 is 0. The van der Waals surface area contributed by atoms with Gasteiger partial charge in [-0.15, -0.1) is 6.58 Å². The molecule has 0 aromatic heterocycles. The predicted octanol–water partition coefficient (Wildman–Crippen LogP) is 1.90. The second-order valence-electron chi connectivity index (χ2n) is 16.7. The molecule has 4 rings (SSSR count). The Morgan fingerprint density at radius 1 is 0.938 bits per heavy atom. The van der Waals surface area contributed by atoms with Crippen LogP contribution in [0.1, 0.15) is 87.5 Å². The monoisotopic (exact) mass is 670 g/mol. The third kappa shape index (κ3) is 8.08. The van der Waals surface area contributed by atoms with Crippen LogP contribution in [0, 0.1) is 34.0 Å². The second-order valence-corrected chi connectivity index (χ2v) is 16.7. The molecule has 2 saturated heterocycles.